The van der Waals surface area contributed by atoms with Crippen molar-refractivity contribution in [3.8, 4) is 0 Å². The monoisotopic (exact) mass is 208 g/mol. The lowest BCUT2D eigenvalue weighted by Crippen LogP contribution is -2.13. The number of ketones is 1. The van der Waals surface area contributed by atoms with E-state index in [1.165, 1.54) is 38.5 Å². The summed E-state index contributed by atoms with van der Waals surface area (Å²) in [5, 5.41) is 0. The summed E-state index contributed by atoms with van der Waals surface area (Å²) in [6.45, 7) is 5.98. The molecule has 0 aliphatic heterocycles. The molecule has 1 aliphatic carbocycles. The van der Waals surface area contributed by atoms with Gasteiger partial charge in [0, 0.05) is 5.92 Å². The summed E-state index contributed by atoms with van der Waals surface area (Å²) >= 11 is 0. The lowest BCUT2D eigenvalue weighted by molar-refractivity contribution is -0.119. The van der Waals surface area contributed by atoms with Crippen molar-refractivity contribution in [1.82, 2.24) is 0 Å². The highest BCUT2D eigenvalue weighted by Crippen LogP contribution is 2.20. The fourth-order valence-corrected chi connectivity index (χ4v) is 2.28. The Morgan fingerprint density at radius 1 is 1.00 bits per heavy atom. The van der Waals surface area contributed by atoms with Gasteiger partial charge in [-0.2, -0.15) is 0 Å². The number of hydrogen-bond acceptors (Lipinski definition) is 1. The lowest BCUT2D eigenvalue weighted by atomic mass is 9.91. The van der Waals surface area contributed by atoms with E-state index in [1.54, 1.807) is 0 Å². The first-order chi connectivity index (χ1) is 7.22. The SMILES string of the molecule is C=C1CCCCCCCCCC(C)C1=O. The third-order valence-electron chi connectivity index (χ3n) is 3.41. The molecule has 1 fully saturated rings. The fourth-order valence-electron chi connectivity index (χ4n) is 2.28. The van der Waals surface area contributed by atoms with Gasteiger partial charge in [-0.3, -0.25) is 4.79 Å². The molecule has 0 saturated heterocycles. The Bertz CT molecular complexity index is 217. The van der Waals surface area contributed by atoms with Crippen molar-refractivity contribution in [1.29, 1.82) is 0 Å². The van der Waals surface area contributed by atoms with Crippen LogP contribution in [-0.2, 0) is 4.79 Å². The van der Waals surface area contributed by atoms with Crippen LogP contribution in [0.3, 0.4) is 0 Å². The van der Waals surface area contributed by atoms with Crippen molar-refractivity contribution >= 4 is 5.78 Å². The minimum Gasteiger partial charge on any atom is -0.294 e. The lowest BCUT2D eigenvalue weighted by Gasteiger charge is -2.13. The van der Waals surface area contributed by atoms with Crippen LogP contribution in [0.2, 0.25) is 0 Å². The second kappa shape index (κ2) is 6.81. The molecule has 1 aliphatic rings. The van der Waals surface area contributed by atoms with Crippen molar-refractivity contribution in [3.05, 3.63) is 12.2 Å². The maximum atomic E-state index is 11.9. The van der Waals surface area contributed by atoms with Gasteiger partial charge in [-0.05, 0) is 24.8 Å². The Morgan fingerprint density at radius 2 is 1.53 bits per heavy atom. The summed E-state index contributed by atoms with van der Waals surface area (Å²) < 4.78 is 0. The highest BCUT2D eigenvalue weighted by Gasteiger charge is 2.15. The Morgan fingerprint density at radius 3 is 2.20 bits per heavy atom. The molecule has 0 heterocycles. The number of carbonyl (C=O) groups excluding carboxylic acids is 1. The Labute approximate surface area is 93.9 Å². The van der Waals surface area contributed by atoms with Gasteiger partial charge in [0.2, 0.25) is 0 Å². The Hall–Kier alpha value is -0.590. The smallest absolute Gasteiger partial charge is 0.161 e. The molecular formula is C14H24O. The van der Waals surface area contributed by atoms with Crippen LogP contribution in [-0.4, -0.2) is 5.78 Å². The normalized spacial score (nSPS) is 26.9. The minimum absolute atomic E-state index is 0.205. The quantitative estimate of drug-likeness (QED) is 0.543. The highest BCUT2D eigenvalue weighted by atomic mass is 16.1. The van der Waals surface area contributed by atoms with Crippen LogP contribution >= 0.6 is 0 Å². The molecule has 0 aromatic rings. The largest absolute Gasteiger partial charge is 0.294 e. The predicted octanol–water partition coefficient (Wildman–Crippen LogP) is 4.27. The average molecular weight is 208 g/mol. The highest BCUT2D eigenvalue weighted by molar-refractivity contribution is 5.96. The molecule has 1 rings (SSSR count). The molecule has 0 spiro atoms. The van der Waals surface area contributed by atoms with Crippen molar-refractivity contribution in [2.75, 3.05) is 0 Å². The molecule has 0 radical (unpaired) electrons. The molecule has 1 heteroatoms. The van der Waals surface area contributed by atoms with E-state index in [4.69, 9.17) is 0 Å². The molecule has 0 aromatic heterocycles. The summed E-state index contributed by atoms with van der Waals surface area (Å²) in [5.41, 5.74) is 0.864. The Balaban J connectivity index is 2.44. The second-order valence-electron chi connectivity index (χ2n) is 4.88. The number of carbonyl (C=O) groups is 1. The molecule has 1 atom stereocenters. The molecule has 1 unspecified atom stereocenters. The van der Waals surface area contributed by atoms with E-state index in [2.05, 4.69) is 13.5 Å². The maximum Gasteiger partial charge on any atom is 0.161 e. The van der Waals surface area contributed by atoms with Crippen molar-refractivity contribution in [3.63, 3.8) is 0 Å². The topological polar surface area (TPSA) is 17.1 Å². The van der Waals surface area contributed by atoms with Gasteiger partial charge in [0.1, 0.15) is 0 Å². The van der Waals surface area contributed by atoms with Crippen LogP contribution in [0.4, 0.5) is 0 Å². The van der Waals surface area contributed by atoms with Crippen molar-refractivity contribution in [2.45, 2.75) is 64.7 Å². The zero-order chi connectivity index (χ0) is 11.1. The van der Waals surface area contributed by atoms with E-state index in [0.717, 1.165) is 24.8 Å². The van der Waals surface area contributed by atoms with Crippen molar-refractivity contribution < 1.29 is 4.79 Å². The molecule has 0 bridgehead atoms. The van der Waals surface area contributed by atoms with Crippen LogP contribution in [0.1, 0.15) is 64.7 Å². The van der Waals surface area contributed by atoms with Crippen LogP contribution < -0.4 is 0 Å². The van der Waals surface area contributed by atoms with Gasteiger partial charge < -0.3 is 0 Å². The first kappa shape index (κ1) is 12.5. The number of allylic oxidation sites excluding steroid dienone is 1. The summed E-state index contributed by atoms with van der Waals surface area (Å²) in [7, 11) is 0. The van der Waals surface area contributed by atoms with Gasteiger partial charge in [-0.25, -0.2) is 0 Å². The standard InChI is InChI=1S/C14H24O/c1-12-10-8-6-4-3-5-7-9-11-13(2)14(12)15/h13H,1,3-11H2,2H3. The van der Waals surface area contributed by atoms with Crippen molar-refractivity contribution in [2.24, 2.45) is 5.92 Å². The molecule has 0 aromatic carbocycles. The predicted molar refractivity (Wildman–Crippen MR) is 64.9 cm³/mol. The van der Waals surface area contributed by atoms with Crippen LogP contribution in [0, 0.1) is 5.92 Å². The van der Waals surface area contributed by atoms with Gasteiger partial charge in [0.25, 0.3) is 0 Å². The van der Waals surface area contributed by atoms with Gasteiger partial charge >= 0.3 is 0 Å². The van der Waals surface area contributed by atoms with E-state index in [-0.39, 0.29) is 5.92 Å². The van der Waals surface area contributed by atoms with E-state index >= 15 is 0 Å². The molecule has 86 valence electrons. The maximum absolute atomic E-state index is 11.9. The van der Waals surface area contributed by atoms with E-state index in [0.29, 0.717) is 5.78 Å². The van der Waals surface area contributed by atoms with E-state index in [1.807, 2.05) is 0 Å². The third-order valence-corrected chi connectivity index (χ3v) is 3.41. The van der Waals surface area contributed by atoms with Gasteiger partial charge in [0.05, 0.1) is 0 Å². The van der Waals surface area contributed by atoms with E-state index in [9.17, 15) is 4.79 Å². The van der Waals surface area contributed by atoms with Crippen LogP contribution in [0.15, 0.2) is 12.2 Å². The molecular weight excluding hydrogens is 184 g/mol. The summed E-state index contributed by atoms with van der Waals surface area (Å²) in [6, 6.07) is 0. The first-order valence-corrected chi connectivity index (χ1v) is 6.44. The van der Waals surface area contributed by atoms with Gasteiger partial charge in [-0.15, -0.1) is 0 Å². The van der Waals surface area contributed by atoms with Gasteiger partial charge in [0.15, 0.2) is 5.78 Å². The average Bonchev–Trinajstić information content (AvgIpc) is 2.23. The third kappa shape index (κ3) is 4.63. The number of rotatable bonds is 0. The molecule has 1 saturated carbocycles. The zero-order valence-corrected chi connectivity index (χ0v) is 10.1. The molecule has 0 N–H and O–H groups in total. The molecule has 15 heavy (non-hydrogen) atoms. The van der Waals surface area contributed by atoms with Crippen LogP contribution in [0.5, 0.6) is 0 Å². The second-order valence-corrected chi connectivity index (χ2v) is 4.88. The Kier molecular flexibility index (Phi) is 5.67. The minimum atomic E-state index is 0.205. The molecule has 0 amide bonds. The number of hydrogen-bond donors (Lipinski definition) is 0. The summed E-state index contributed by atoms with van der Waals surface area (Å²) in [4.78, 5) is 11.9. The van der Waals surface area contributed by atoms with E-state index < -0.39 is 0 Å². The zero-order valence-electron chi connectivity index (χ0n) is 10.1. The summed E-state index contributed by atoms with van der Waals surface area (Å²) in [5.74, 6) is 0.521. The van der Waals surface area contributed by atoms with Gasteiger partial charge in [-0.1, -0.05) is 52.0 Å². The summed E-state index contributed by atoms with van der Waals surface area (Å²) in [6.07, 6.45) is 10.9. The number of Topliss-reactive ketones (excluding diaryl/α,β-unsaturated/α-hetero) is 1. The molecule has 1 nitrogen and oxygen atoms in total. The fraction of sp³-hybridized carbons (Fsp3) is 0.786. The first-order valence-electron chi connectivity index (χ1n) is 6.44. The van der Waals surface area contributed by atoms with Crippen LogP contribution in [0.25, 0.3) is 0 Å².